The van der Waals surface area contributed by atoms with Crippen LogP contribution in [0.1, 0.15) is 35.4 Å². The molecule has 0 radical (unpaired) electrons. The van der Waals surface area contributed by atoms with E-state index in [4.69, 9.17) is 9.47 Å². The number of benzene rings is 1. The van der Waals surface area contributed by atoms with E-state index in [1.54, 1.807) is 19.3 Å². The monoisotopic (exact) mass is 393 g/mol. The average molecular weight is 393 g/mol. The standard InChI is InChI=1S/C23H27N3O3/c1-15-7-8-22(28-4)21(10-15)25-23(27)19(13-24)12-18-11-16(2)26(17(18)3)14-20-6-5-9-29-20/h7-8,10-12,20H,5-6,9,14H2,1-4H3,(H,25,27)/b19-12+/t20-/m1/s1. The molecule has 1 fully saturated rings. The molecule has 6 heteroatoms. The Morgan fingerprint density at radius 1 is 1.38 bits per heavy atom. The predicted molar refractivity (Wildman–Crippen MR) is 113 cm³/mol. The van der Waals surface area contributed by atoms with E-state index in [9.17, 15) is 10.1 Å². The van der Waals surface area contributed by atoms with Gasteiger partial charge in [-0.25, -0.2) is 0 Å². The van der Waals surface area contributed by atoms with Crippen LogP contribution in [0, 0.1) is 32.1 Å². The molecule has 3 rings (SSSR count). The fourth-order valence-electron chi connectivity index (χ4n) is 3.66. The van der Waals surface area contributed by atoms with Crippen LogP contribution in [0.4, 0.5) is 5.69 Å². The third kappa shape index (κ3) is 4.69. The molecule has 2 aromatic rings. The number of aryl methyl sites for hydroxylation is 2. The highest BCUT2D eigenvalue weighted by molar-refractivity contribution is 6.10. The first-order chi connectivity index (χ1) is 13.9. The molecule has 1 aromatic carbocycles. The lowest BCUT2D eigenvalue weighted by Crippen LogP contribution is -2.17. The summed E-state index contributed by atoms with van der Waals surface area (Å²) in [6.07, 6.45) is 4.03. The van der Waals surface area contributed by atoms with E-state index in [2.05, 4.69) is 9.88 Å². The Bertz CT molecular complexity index is 976. The van der Waals surface area contributed by atoms with Crippen LogP contribution in [0.5, 0.6) is 5.75 Å². The minimum atomic E-state index is -0.458. The summed E-state index contributed by atoms with van der Waals surface area (Å²) in [7, 11) is 1.55. The number of anilines is 1. The Hall–Kier alpha value is -3.04. The van der Waals surface area contributed by atoms with Gasteiger partial charge >= 0.3 is 0 Å². The number of methoxy groups -OCH3 is 1. The quantitative estimate of drug-likeness (QED) is 0.591. The zero-order valence-corrected chi connectivity index (χ0v) is 17.4. The molecule has 6 nitrogen and oxygen atoms in total. The van der Waals surface area contributed by atoms with Gasteiger partial charge in [0.1, 0.15) is 17.4 Å². The molecular formula is C23H27N3O3. The van der Waals surface area contributed by atoms with E-state index in [0.29, 0.717) is 11.4 Å². The number of carbonyl (C=O) groups excluding carboxylic acids is 1. The lowest BCUT2D eigenvalue weighted by molar-refractivity contribution is -0.112. The van der Waals surface area contributed by atoms with Crippen LogP contribution < -0.4 is 10.1 Å². The van der Waals surface area contributed by atoms with Gasteiger partial charge in [0.25, 0.3) is 5.91 Å². The summed E-state index contributed by atoms with van der Waals surface area (Å²) in [6, 6.07) is 9.54. The second-order valence-electron chi connectivity index (χ2n) is 7.40. The van der Waals surface area contributed by atoms with Gasteiger partial charge in [-0.05, 0) is 69.0 Å². The summed E-state index contributed by atoms with van der Waals surface area (Å²) in [6.45, 7) is 7.57. The molecule has 1 amide bonds. The number of hydrogen-bond donors (Lipinski definition) is 1. The first-order valence-electron chi connectivity index (χ1n) is 9.79. The van der Waals surface area contributed by atoms with Gasteiger partial charge in [-0.1, -0.05) is 6.07 Å². The van der Waals surface area contributed by atoms with E-state index in [1.807, 2.05) is 45.0 Å². The Kier molecular flexibility index (Phi) is 6.40. The highest BCUT2D eigenvalue weighted by Gasteiger charge is 2.19. The van der Waals surface area contributed by atoms with Crippen LogP contribution in [-0.2, 0) is 16.1 Å². The van der Waals surface area contributed by atoms with Crippen molar-refractivity contribution >= 4 is 17.7 Å². The number of nitrogens with zero attached hydrogens (tertiary/aromatic N) is 2. The van der Waals surface area contributed by atoms with E-state index < -0.39 is 5.91 Å². The summed E-state index contributed by atoms with van der Waals surface area (Å²) >= 11 is 0. The molecule has 0 spiro atoms. The lowest BCUT2D eigenvalue weighted by atomic mass is 10.1. The van der Waals surface area contributed by atoms with Crippen LogP contribution >= 0.6 is 0 Å². The summed E-state index contributed by atoms with van der Waals surface area (Å²) < 4.78 is 13.2. The second kappa shape index (κ2) is 8.97. The van der Waals surface area contributed by atoms with Crippen LogP contribution in [0.3, 0.4) is 0 Å². The molecule has 0 saturated carbocycles. The Morgan fingerprint density at radius 2 is 2.17 bits per heavy atom. The molecule has 2 heterocycles. The molecule has 0 aliphatic carbocycles. The molecule has 1 aliphatic rings. The molecule has 1 aromatic heterocycles. The molecule has 29 heavy (non-hydrogen) atoms. The topological polar surface area (TPSA) is 76.3 Å². The molecule has 1 aliphatic heterocycles. The third-order valence-electron chi connectivity index (χ3n) is 5.29. The fourth-order valence-corrected chi connectivity index (χ4v) is 3.66. The summed E-state index contributed by atoms with van der Waals surface area (Å²) in [4.78, 5) is 12.7. The van der Waals surface area contributed by atoms with Gasteiger partial charge in [0.05, 0.1) is 18.9 Å². The molecule has 1 N–H and O–H groups in total. The maximum atomic E-state index is 12.7. The summed E-state index contributed by atoms with van der Waals surface area (Å²) in [5, 5.41) is 12.4. The number of aromatic nitrogens is 1. The molecule has 0 unspecified atom stereocenters. The first-order valence-corrected chi connectivity index (χ1v) is 9.79. The van der Waals surface area contributed by atoms with Crippen LogP contribution in [-0.4, -0.2) is 30.3 Å². The van der Waals surface area contributed by atoms with Crippen molar-refractivity contribution in [1.29, 1.82) is 5.26 Å². The van der Waals surface area contributed by atoms with Gasteiger partial charge in [0.2, 0.25) is 0 Å². The largest absolute Gasteiger partial charge is 0.495 e. The van der Waals surface area contributed by atoms with Gasteiger partial charge in [0.15, 0.2) is 0 Å². The number of rotatable bonds is 6. The molecular weight excluding hydrogens is 366 g/mol. The molecule has 1 atom stereocenters. The zero-order valence-electron chi connectivity index (χ0n) is 17.4. The van der Waals surface area contributed by atoms with Crippen molar-refractivity contribution in [3.8, 4) is 11.8 Å². The number of nitriles is 1. The Morgan fingerprint density at radius 3 is 2.83 bits per heavy atom. The van der Waals surface area contributed by atoms with Gasteiger partial charge in [-0.2, -0.15) is 5.26 Å². The van der Waals surface area contributed by atoms with Crippen LogP contribution in [0.2, 0.25) is 0 Å². The van der Waals surface area contributed by atoms with Crippen LogP contribution in [0.15, 0.2) is 29.8 Å². The van der Waals surface area contributed by atoms with Crippen molar-refractivity contribution in [3.05, 3.63) is 52.4 Å². The van der Waals surface area contributed by atoms with Crippen LogP contribution in [0.25, 0.3) is 6.08 Å². The van der Waals surface area contributed by atoms with Crippen molar-refractivity contribution in [3.63, 3.8) is 0 Å². The molecule has 1 saturated heterocycles. The SMILES string of the molecule is COc1ccc(C)cc1NC(=O)/C(C#N)=C/c1cc(C)n(C[C@H]2CCCO2)c1C. The molecule has 152 valence electrons. The minimum Gasteiger partial charge on any atom is -0.495 e. The maximum Gasteiger partial charge on any atom is 0.266 e. The van der Waals surface area contributed by atoms with Gasteiger partial charge < -0.3 is 19.4 Å². The van der Waals surface area contributed by atoms with E-state index >= 15 is 0 Å². The highest BCUT2D eigenvalue weighted by Crippen LogP contribution is 2.26. The van der Waals surface area contributed by atoms with Crippen molar-refractivity contribution in [2.75, 3.05) is 19.0 Å². The van der Waals surface area contributed by atoms with E-state index in [0.717, 1.165) is 48.5 Å². The molecule has 0 bridgehead atoms. The van der Waals surface area contributed by atoms with E-state index in [-0.39, 0.29) is 11.7 Å². The van der Waals surface area contributed by atoms with Crippen molar-refractivity contribution in [2.45, 2.75) is 46.3 Å². The van der Waals surface area contributed by atoms with Gasteiger partial charge in [0, 0.05) is 24.5 Å². The average Bonchev–Trinajstić information content (AvgIpc) is 3.30. The number of hydrogen-bond acceptors (Lipinski definition) is 4. The second-order valence-corrected chi connectivity index (χ2v) is 7.40. The number of amides is 1. The third-order valence-corrected chi connectivity index (χ3v) is 5.29. The Labute approximate surface area is 171 Å². The summed E-state index contributed by atoms with van der Waals surface area (Å²) in [5.41, 5.74) is 4.55. The minimum absolute atomic E-state index is 0.0472. The zero-order chi connectivity index (χ0) is 21.0. The fraction of sp³-hybridized carbons (Fsp3) is 0.391. The lowest BCUT2D eigenvalue weighted by Gasteiger charge is -2.14. The first kappa shape index (κ1) is 20.7. The normalized spacial score (nSPS) is 16.5. The van der Waals surface area contributed by atoms with Gasteiger partial charge in [-0.15, -0.1) is 0 Å². The number of nitrogens with one attached hydrogen (secondary N) is 1. The Balaban J connectivity index is 1.83. The van der Waals surface area contributed by atoms with Crippen molar-refractivity contribution < 1.29 is 14.3 Å². The number of ether oxygens (including phenoxy) is 2. The predicted octanol–water partition coefficient (Wildman–Crippen LogP) is 4.15. The maximum absolute atomic E-state index is 12.7. The van der Waals surface area contributed by atoms with Crippen molar-refractivity contribution in [2.24, 2.45) is 0 Å². The van der Waals surface area contributed by atoms with Gasteiger partial charge in [-0.3, -0.25) is 4.79 Å². The summed E-state index contributed by atoms with van der Waals surface area (Å²) in [5.74, 6) is 0.0938. The van der Waals surface area contributed by atoms with Crippen molar-refractivity contribution in [1.82, 2.24) is 4.57 Å². The number of carbonyl (C=O) groups is 1. The highest BCUT2D eigenvalue weighted by atomic mass is 16.5. The van der Waals surface area contributed by atoms with E-state index in [1.165, 1.54) is 0 Å². The smallest absolute Gasteiger partial charge is 0.266 e.